The second kappa shape index (κ2) is 3.91. The van der Waals surface area contributed by atoms with Crippen LogP contribution in [0.15, 0.2) is 18.2 Å². The lowest BCUT2D eigenvalue weighted by Crippen LogP contribution is -2.02. The zero-order valence-electron chi connectivity index (χ0n) is 8.84. The van der Waals surface area contributed by atoms with Crippen LogP contribution in [0.3, 0.4) is 0 Å². The van der Waals surface area contributed by atoms with Gasteiger partial charge in [0, 0.05) is 11.7 Å². The molecule has 0 unspecified atom stereocenters. The summed E-state index contributed by atoms with van der Waals surface area (Å²) < 4.78 is 5.43. The van der Waals surface area contributed by atoms with E-state index in [4.69, 9.17) is 4.74 Å². The molecule has 0 saturated heterocycles. The van der Waals surface area contributed by atoms with Crippen LogP contribution in [-0.2, 0) is 0 Å². The van der Waals surface area contributed by atoms with E-state index in [0.717, 1.165) is 12.4 Å². The molecular formula is C12H17NO. The fourth-order valence-corrected chi connectivity index (χ4v) is 1.50. The van der Waals surface area contributed by atoms with E-state index in [1.54, 1.807) is 0 Å². The highest BCUT2D eigenvalue weighted by Crippen LogP contribution is 2.28. The van der Waals surface area contributed by atoms with Crippen molar-refractivity contribution in [3.8, 4) is 5.75 Å². The van der Waals surface area contributed by atoms with Crippen LogP contribution in [0.4, 0.5) is 5.69 Å². The van der Waals surface area contributed by atoms with E-state index in [0.29, 0.717) is 6.04 Å². The van der Waals surface area contributed by atoms with Crippen molar-refractivity contribution < 1.29 is 4.74 Å². The van der Waals surface area contributed by atoms with E-state index >= 15 is 0 Å². The predicted molar refractivity (Wildman–Crippen MR) is 59.0 cm³/mol. The van der Waals surface area contributed by atoms with Gasteiger partial charge in [0.1, 0.15) is 5.75 Å². The zero-order chi connectivity index (χ0) is 9.97. The molecule has 1 N–H and O–H groups in total. The number of aryl methyl sites for hydroxylation is 1. The van der Waals surface area contributed by atoms with Crippen molar-refractivity contribution in [1.82, 2.24) is 0 Å². The molecule has 2 nitrogen and oxygen atoms in total. The van der Waals surface area contributed by atoms with Crippen LogP contribution in [-0.4, -0.2) is 12.6 Å². The van der Waals surface area contributed by atoms with Gasteiger partial charge in [0.05, 0.1) is 6.61 Å². The molecule has 1 aliphatic rings. The minimum atomic E-state index is 0.714. The first-order valence-electron chi connectivity index (χ1n) is 5.29. The molecule has 0 heterocycles. The van der Waals surface area contributed by atoms with Gasteiger partial charge in [0.2, 0.25) is 0 Å². The molecule has 0 atom stereocenters. The molecule has 76 valence electrons. The highest BCUT2D eigenvalue weighted by atomic mass is 16.5. The van der Waals surface area contributed by atoms with Crippen LogP contribution in [0.25, 0.3) is 0 Å². The fourth-order valence-electron chi connectivity index (χ4n) is 1.50. The van der Waals surface area contributed by atoms with Gasteiger partial charge in [0.25, 0.3) is 0 Å². The summed E-state index contributed by atoms with van der Waals surface area (Å²) in [5, 5.41) is 3.50. The molecule has 1 fully saturated rings. The van der Waals surface area contributed by atoms with Crippen LogP contribution in [0.1, 0.15) is 25.3 Å². The van der Waals surface area contributed by atoms with Crippen molar-refractivity contribution in [2.45, 2.75) is 32.7 Å². The molecule has 0 aliphatic heterocycles. The quantitative estimate of drug-likeness (QED) is 0.790. The lowest BCUT2D eigenvalue weighted by Gasteiger charge is -2.10. The van der Waals surface area contributed by atoms with E-state index in [1.807, 2.05) is 13.0 Å². The third-order valence-corrected chi connectivity index (χ3v) is 2.45. The molecule has 1 aliphatic carbocycles. The Labute approximate surface area is 85.3 Å². The molecule has 0 spiro atoms. The van der Waals surface area contributed by atoms with Gasteiger partial charge in [-0.15, -0.1) is 0 Å². The maximum atomic E-state index is 5.43. The van der Waals surface area contributed by atoms with Gasteiger partial charge >= 0.3 is 0 Å². The Hall–Kier alpha value is -1.18. The first-order chi connectivity index (χ1) is 6.79. The maximum Gasteiger partial charge on any atom is 0.119 e. The summed E-state index contributed by atoms with van der Waals surface area (Å²) in [6.45, 7) is 4.85. The summed E-state index contributed by atoms with van der Waals surface area (Å²) in [7, 11) is 0. The highest BCUT2D eigenvalue weighted by molar-refractivity contribution is 5.54. The summed E-state index contributed by atoms with van der Waals surface area (Å²) >= 11 is 0. The molecule has 2 rings (SSSR count). The van der Waals surface area contributed by atoms with Gasteiger partial charge in [-0.05, 0) is 50.5 Å². The molecule has 0 bridgehead atoms. The largest absolute Gasteiger partial charge is 0.494 e. The van der Waals surface area contributed by atoms with E-state index in [2.05, 4.69) is 24.4 Å². The van der Waals surface area contributed by atoms with Crippen LogP contribution < -0.4 is 10.1 Å². The number of rotatable bonds is 4. The normalized spacial score (nSPS) is 15.3. The Morgan fingerprint density at radius 1 is 1.43 bits per heavy atom. The van der Waals surface area contributed by atoms with Crippen molar-refractivity contribution in [2.24, 2.45) is 0 Å². The Morgan fingerprint density at radius 3 is 2.79 bits per heavy atom. The first-order valence-corrected chi connectivity index (χ1v) is 5.29. The Bertz CT molecular complexity index is 318. The summed E-state index contributed by atoms with van der Waals surface area (Å²) in [5.41, 5.74) is 2.51. The second-order valence-electron chi connectivity index (χ2n) is 3.83. The lowest BCUT2D eigenvalue weighted by atomic mass is 10.2. The third-order valence-electron chi connectivity index (χ3n) is 2.45. The average molecular weight is 191 g/mol. The number of benzene rings is 1. The van der Waals surface area contributed by atoms with Gasteiger partial charge in [-0.3, -0.25) is 0 Å². The fraction of sp³-hybridized carbons (Fsp3) is 0.500. The molecular weight excluding hydrogens is 174 g/mol. The average Bonchev–Trinajstić information content (AvgIpc) is 2.94. The smallest absolute Gasteiger partial charge is 0.119 e. The number of ether oxygens (including phenoxy) is 1. The number of nitrogens with one attached hydrogen (secondary N) is 1. The van der Waals surface area contributed by atoms with Crippen LogP contribution in [0, 0.1) is 6.92 Å². The van der Waals surface area contributed by atoms with Crippen molar-refractivity contribution in [2.75, 3.05) is 11.9 Å². The summed E-state index contributed by atoms with van der Waals surface area (Å²) in [4.78, 5) is 0. The molecule has 14 heavy (non-hydrogen) atoms. The van der Waals surface area contributed by atoms with Gasteiger partial charge in [-0.1, -0.05) is 0 Å². The lowest BCUT2D eigenvalue weighted by molar-refractivity contribution is 0.340. The Balaban J connectivity index is 2.09. The summed E-state index contributed by atoms with van der Waals surface area (Å²) in [6, 6.07) is 6.94. The zero-order valence-corrected chi connectivity index (χ0v) is 8.84. The molecule has 1 aromatic carbocycles. The third kappa shape index (κ3) is 2.19. The molecule has 0 amide bonds. The van der Waals surface area contributed by atoms with E-state index < -0.39 is 0 Å². The minimum absolute atomic E-state index is 0.714. The van der Waals surface area contributed by atoms with Crippen molar-refractivity contribution in [3.05, 3.63) is 23.8 Å². The van der Waals surface area contributed by atoms with Gasteiger partial charge in [0.15, 0.2) is 0 Å². The number of hydrogen-bond donors (Lipinski definition) is 1. The van der Waals surface area contributed by atoms with Crippen molar-refractivity contribution >= 4 is 5.69 Å². The molecule has 2 heteroatoms. The monoisotopic (exact) mass is 191 g/mol. The van der Waals surface area contributed by atoms with Crippen molar-refractivity contribution in [3.63, 3.8) is 0 Å². The van der Waals surface area contributed by atoms with Crippen LogP contribution in [0.2, 0.25) is 0 Å². The molecule has 0 aromatic heterocycles. The Morgan fingerprint density at radius 2 is 2.21 bits per heavy atom. The van der Waals surface area contributed by atoms with E-state index in [9.17, 15) is 0 Å². The minimum Gasteiger partial charge on any atom is -0.494 e. The second-order valence-corrected chi connectivity index (χ2v) is 3.83. The Kier molecular flexibility index (Phi) is 2.62. The number of hydrogen-bond acceptors (Lipinski definition) is 2. The SMILES string of the molecule is CCOc1ccc(NC2CC2)c(C)c1. The van der Waals surface area contributed by atoms with Crippen molar-refractivity contribution in [1.29, 1.82) is 0 Å². The maximum absolute atomic E-state index is 5.43. The number of anilines is 1. The van der Waals surface area contributed by atoms with E-state index in [-0.39, 0.29) is 0 Å². The van der Waals surface area contributed by atoms with Gasteiger partial charge < -0.3 is 10.1 Å². The van der Waals surface area contributed by atoms with Crippen LogP contribution >= 0.6 is 0 Å². The highest BCUT2D eigenvalue weighted by Gasteiger charge is 2.21. The summed E-state index contributed by atoms with van der Waals surface area (Å²) in [5.74, 6) is 0.964. The van der Waals surface area contributed by atoms with Gasteiger partial charge in [-0.25, -0.2) is 0 Å². The summed E-state index contributed by atoms with van der Waals surface area (Å²) in [6.07, 6.45) is 2.62. The standard InChI is InChI=1S/C12H17NO/c1-3-14-11-6-7-12(9(2)8-11)13-10-4-5-10/h6-8,10,13H,3-5H2,1-2H3. The predicted octanol–water partition coefficient (Wildman–Crippen LogP) is 2.97. The van der Waals surface area contributed by atoms with Gasteiger partial charge in [-0.2, -0.15) is 0 Å². The first kappa shape index (κ1) is 9.38. The molecule has 1 aromatic rings. The molecule has 1 saturated carbocycles. The topological polar surface area (TPSA) is 21.3 Å². The van der Waals surface area contributed by atoms with E-state index in [1.165, 1.54) is 24.1 Å². The molecule has 0 radical (unpaired) electrons. The van der Waals surface area contributed by atoms with Crippen LogP contribution in [0.5, 0.6) is 5.75 Å².